The van der Waals surface area contributed by atoms with E-state index in [2.05, 4.69) is 10.3 Å². The Kier molecular flexibility index (Phi) is 6.01. The summed E-state index contributed by atoms with van der Waals surface area (Å²) >= 11 is 6.08. The van der Waals surface area contributed by atoms with Crippen LogP contribution in [0.15, 0.2) is 83.5 Å². The number of amides is 1. The van der Waals surface area contributed by atoms with Crippen molar-refractivity contribution in [3.63, 3.8) is 0 Å². The second-order valence-corrected chi connectivity index (χ2v) is 8.06. The predicted octanol–water partition coefficient (Wildman–Crippen LogP) is 5.91. The first kappa shape index (κ1) is 21.7. The maximum Gasteiger partial charge on any atom is 0.308 e. The first-order valence-electron chi connectivity index (χ1n) is 10.7. The van der Waals surface area contributed by atoms with Gasteiger partial charge in [0.2, 0.25) is 5.91 Å². The lowest BCUT2D eigenvalue weighted by Gasteiger charge is -2.09. The van der Waals surface area contributed by atoms with Gasteiger partial charge >= 0.3 is 6.01 Å². The van der Waals surface area contributed by atoms with E-state index in [1.807, 2.05) is 48.5 Å². The standard InChI is InChI=1S/C26H21ClN4O3/c1-33-22-9-5-3-7-20(22)29-24(32)15-14-23-25(17-10-12-18(27)13-11-17)30-26(34-23)31-16-28-19-6-2-4-8-21(19)31/h2-13,16H,14-15H2,1H3,(H,29,32). The number of nitrogens with zero attached hydrogens (tertiary/aromatic N) is 3. The number of benzene rings is 3. The van der Waals surface area contributed by atoms with E-state index < -0.39 is 0 Å². The summed E-state index contributed by atoms with van der Waals surface area (Å²) in [5.74, 6) is 1.05. The Morgan fingerprint density at radius 1 is 1.06 bits per heavy atom. The lowest BCUT2D eigenvalue weighted by molar-refractivity contribution is -0.116. The molecule has 0 bridgehead atoms. The number of anilines is 1. The molecule has 1 amide bonds. The van der Waals surface area contributed by atoms with Crippen LogP contribution in [0, 0.1) is 0 Å². The average molecular weight is 473 g/mol. The molecule has 2 aromatic heterocycles. The number of hydrogen-bond acceptors (Lipinski definition) is 5. The van der Waals surface area contributed by atoms with E-state index in [0.717, 1.165) is 16.6 Å². The molecule has 0 radical (unpaired) electrons. The van der Waals surface area contributed by atoms with Crippen molar-refractivity contribution < 1.29 is 13.9 Å². The number of halogens is 1. The zero-order valence-electron chi connectivity index (χ0n) is 18.4. The van der Waals surface area contributed by atoms with Crippen molar-refractivity contribution in [3.8, 4) is 23.0 Å². The molecule has 0 atom stereocenters. The van der Waals surface area contributed by atoms with Gasteiger partial charge in [0.25, 0.3) is 0 Å². The Morgan fingerprint density at radius 3 is 2.65 bits per heavy atom. The van der Waals surface area contributed by atoms with Crippen molar-refractivity contribution in [1.29, 1.82) is 0 Å². The van der Waals surface area contributed by atoms with Crippen LogP contribution < -0.4 is 10.1 Å². The third kappa shape index (κ3) is 4.38. The number of fused-ring (bicyclic) bond motifs is 1. The number of nitrogens with one attached hydrogen (secondary N) is 1. The van der Waals surface area contributed by atoms with Gasteiger partial charge in [-0.1, -0.05) is 48.0 Å². The maximum absolute atomic E-state index is 12.7. The van der Waals surface area contributed by atoms with Gasteiger partial charge in [-0.15, -0.1) is 0 Å². The third-order valence-corrected chi connectivity index (χ3v) is 5.68. The molecule has 34 heavy (non-hydrogen) atoms. The summed E-state index contributed by atoms with van der Waals surface area (Å²) in [6.07, 6.45) is 2.25. The van der Waals surface area contributed by atoms with Crippen molar-refractivity contribution in [2.45, 2.75) is 12.8 Å². The highest BCUT2D eigenvalue weighted by molar-refractivity contribution is 6.30. The van der Waals surface area contributed by atoms with E-state index in [0.29, 0.717) is 40.3 Å². The molecule has 2 heterocycles. The predicted molar refractivity (Wildman–Crippen MR) is 132 cm³/mol. The summed E-state index contributed by atoms with van der Waals surface area (Å²) in [6.45, 7) is 0. The number of aryl methyl sites for hydroxylation is 1. The van der Waals surface area contributed by atoms with Gasteiger partial charge in [0, 0.05) is 23.4 Å². The molecule has 0 fully saturated rings. The van der Waals surface area contributed by atoms with E-state index in [1.54, 1.807) is 42.3 Å². The fraction of sp³-hybridized carbons (Fsp3) is 0.115. The van der Waals surface area contributed by atoms with Gasteiger partial charge < -0.3 is 14.5 Å². The fourth-order valence-corrected chi connectivity index (χ4v) is 3.87. The number of aromatic nitrogens is 3. The number of oxazole rings is 1. The Balaban J connectivity index is 1.44. The largest absolute Gasteiger partial charge is 0.495 e. The molecular weight excluding hydrogens is 452 g/mol. The fourth-order valence-electron chi connectivity index (χ4n) is 3.74. The number of ether oxygens (including phenoxy) is 1. The number of para-hydroxylation sites is 4. The molecule has 0 spiro atoms. The highest BCUT2D eigenvalue weighted by Gasteiger charge is 2.19. The van der Waals surface area contributed by atoms with Crippen LogP contribution in [0.2, 0.25) is 5.02 Å². The van der Waals surface area contributed by atoms with Gasteiger partial charge in [-0.2, -0.15) is 4.98 Å². The van der Waals surface area contributed by atoms with Gasteiger partial charge in [0.1, 0.15) is 23.5 Å². The molecule has 0 aliphatic heterocycles. The topological polar surface area (TPSA) is 82.2 Å². The van der Waals surface area contributed by atoms with Crippen LogP contribution in [-0.2, 0) is 11.2 Å². The molecule has 1 N–H and O–H groups in total. The van der Waals surface area contributed by atoms with Gasteiger partial charge in [-0.3, -0.25) is 9.36 Å². The monoisotopic (exact) mass is 472 g/mol. The van der Waals surface area contributed by atoms with E-state index >= 15 is 0 Å². The lowest BCUT2D eigenvalue weighted by Crippen LogP contribution is -2.13. The molecule has 170 valence electrons. The first-order chi connectivity index (χ1) is 16.6. The summed E-state index contributed by atoms with van der Waals surface area (Å²) in [6, 6.07) is 22.8. The van der Waals surface area contributed by atoms with Crippen LogP contribution in [0.4, 0.5) is 5.69 Å². The molecular formula is C26H21ClN4O3. The Labute approximate surface area is 201 Å². The molecule has 0 saturated carbocycles. The highest BCUT2D eigenvalue weighted by Crippen LogP contribution is 2.30. The van der Waals surface area contributed by atoms with Crippen LogP contribution in [0.5, 0.6) is 5.75 Å². The first-order valence-corrected chi connectivity index (χ1v) is 11.1. The van der Waals surface area contributed by atoms with Gasteiger partial charge in [0.05, 0.1) is 23.8 Å². The van der Waals surface area contributed by atoms with Gasteiger partial charge in [0.15, 0.2) is 0 Å². The molecule has 5 rings (SSSR count). The second-order valence-electron chi connectivity index (χ2n) is 7.63. The van der Waals surface area contributed by atoms with Crippen molar-refractivity contribution in [2.24, 2.45) is 0 Å². The summed E-state index contributed by atoms with van der Waals surface area (Å²) in [7, 11) is 1.57. The van der Waals surface area contributed by atoms with Crippen LogP contribution in [0.25, 0.3) is 28.3 Å². The van der Waals surface area contributed by atoms with Gasteiger partial charge in [-0.25, -0.2) is 4.98 Å². The summed E-state index contributed by atoms with van der Waals surface area (Å²) in [5, 5.41) is 3.53. The van der Waals surface area contributed by atoms with Crippen LogP contribution >= 0.6 is 11.6 Å². The van der Waals surface area contributed by atoms with E-state index in [4.69, 9.17) is 25.7 Å². The molecule has 0 aliphatic rings. The molecule has 5 aromatic rings. The van der Waals surface area contributed by atoms with Crippen molar-refractivity contribution in [1.82, 2.24) is 14.5 Å². The summed E-state index contributed by atoms with van der Waals surface area (Å²) in [5.41, 5.74) is 3.85. The summed E-state index contributed by atoms with van der Waals surface area (Å²) < 4.78 is 13.3. The number of rotatable bonds is 7. The smallest absolute Gasteiger partial charge is 0.308 e. The highest BCUT2D eigenvalue weighted by atomic mass is 35.5. The molecule has 0 saturated heterocycles. The molecule has 3 aromatic carbocycles. The van der Waals surface area contributed by atoms with Gasteiger partial charge in [-0.05, 0) is 36.4 Å². The van der Waals surface area contributed by atoms with Crippen LogP contribution in [0.3, 0.4) is 0 Å². The van der Waals surface area contributed by atoms with Crippen molar-refractivity contribution >= 4 is 34.2 Å². The van der Waals surface area contributed by atoms with E-state index in [-0.39, 0.29) is 12.3 Å². The zero-order valence-corrected chi connectivity index (χ0v) is 19.1. The molecule has 7 nitrogen and oxygen atoms in total. The molecule has 0 unspecified atom stereocenters. The minimum absolute atomic E-state index is 0.155. The lowest BCUT2D eigenvalue weighted by atomic mass is 10.1. The quantitative estimate of drug-likeness (QED) is 0.318. The second kappa shape index (κ2) is 9.41. The number of imidazole rings is 1. The Morgan fingerprint density at radius 2 is 1.82 bits per heavy atom. The minimum Gasteiger partial charge on any atom is -0.495 e. The van der Waals surface area contributed by atoms with Crippen LogP contribution in [-0.4, -0.2) is 27.6 Å². The van der Waals surface area contributed by atoms with E-state index in [9.17, 15) is 4.79 Å². The van der Waals surface area contributed by atoms with Crippen molar-refractivity contribution in [2.75, 3.05) is 12.4 Å². The molecule has 8 heteroatoms. The Hall–Kier alpha value is -4.10. The summed E-state index contributed by atoms with van der Waals surface area (Å²) in [4.78, 5) is 21.9. The van der Waals surface area contributed by atoms with Crippen molar-refractivity contribution in [3.05, 3.63) is 89.9 Å². The van der Waals surface area contributed by atoms with Crippen LogP contribution in [0.1, 0.15) is 12.2 Å². The number of methoxy groups -OCH3 is 1. The van der Waals surface area contributed by atoms with E-state index in [1.165, 1.54) is 0 Å². The third-order valence-electron chi connectivity index (χ3n) is 5.42. The number of carbonyl (C=O) groups is 1. The molecule has 0 aliphatic carbocycles. The Bertz CT molecular complexity index is 1460. The number of hydrogen-bond donors (Lipinski definition) is 1. The number of carbonyl (C=O) groups excluding carboxylic acids is 1. The SMILES string of the molecule is COc1ccccc1NC(=O)CCc1oc(-n2cnc3ccccc32)nc1-c1ccc(Cl)cc1. The maximum atomic E-state index is 12.7. The zero-order chi connectivity index (χ0) is 23.5. The minimum atomic E-state index is -0.155. The normalized spacial score (nSPS) is 11.0. The average Bonchev–Trinajstić information content (AvgIpc) is 3.48.